The highest BCUT2D eigenvalue weighted by atomic mass is 16.5. The monoisotopic (exact) mass is 219 g/mol. The van der Waals surface area contributed by atoms with Gasteiger partial charge in [-0.2, -0.15) is 0 Å². The van der Waals surface area contributed by atoms with E-state index >= 15 is 0 Å². The molecule has 1 aliphatic rings. The number of hydrogen-bond donors (Lipinski definition) is 1. The molecule has 2 rings (SSSR count). The Morgan fingerprint density at radius 2 is 2.19 bits per heavy atom. The van der Waals surface area contributed by atoms with Crippen LogP contribution in [0.4, 0.5) is 0 Å². The SMILES string of the molecule is CCC(N)c1cccc(C)c1OCC1CC1. The summed E-state index contributed by atoms with van der Waals surface area (Å²) >= 11 is 0. The maximum absolute atomic E-state index is 6.11. The average Bonchev–Trinajstić information content (AvgIpc) is 3.10. The summed E-state index contributed by atoms with van der Waals surface area (Å²) in [7, 11) is 0. The molecule has 1 aliphatic carbocycles. The molecular formula is C14H21NO. The van der Waals surface area contributed by atoms with Crippen LogP contribution in [0.1, 0.15) is 43.4 Å². The summed E-state index contributed by atoms with van der Waals surface area (Å²) in [4.78, 5) is 0. The molecule has 1 fully saturated rings. The van der Waals surface area contributed by atoms with Gasteiger partial charge in [0.1, 0.15) is 5.75 Å². The van der Waals surface area contributed by atoms with Crippen molar-refractivity contribution in [1.82, 2.24) is 0 Å². The predicted octanol–water partition coefficient (Wildman–Crippen LogP) is 3.19. The maximum atomic E-state index is 6.11. The Labute approximate surface area is 97.8 Å². The van der Waals surface area contributed by atoms with E-state index in [9.17, 15) is 0 Å². The lowest BCUT2D eigenvalue weighted by molar-refractivity contribution is 0.293. The minimum Gasteiger partial charge on any atom is -0.493 e. The summed E-state index contributed by atoms with van der Waals surface area (Å²) in [6.45, 7) is 5.06. The van der Waals surface area contributed by atoms with Crippen molar-refractivity contribution in [2.24, 2.45) is 11.7 Å². The van der Waals surface area contributed by atoms with Gasteiger partial charge in [-0.15, -0.1) is 0 Å². The van der Waals surface area contributed by atoms with Crippen LogP contribution in [-0.4, -0.2) is 6.61 Å². The zero-order chi connectivity index (χ0) is 11.5. The minimum absolute atomic E-state index is 0.0918. The molecule has 2 nitrogen and oxygen atoms in total. The van der Waals surface area contributed by atoms with Crippen molar-refractivity contribution in [3.05, 3.63) is 29.3 Å². The van der Waals surface area contributed by atoms with Crippen LogP contribution in [-0.2, 0) is 0 Å². The molecule has 0 spiro atoms. The van der Waals surface area contributed by atoms with Gasteiger partial charge >= 0.3 is 0 Å². The molecule has 1 aromatic rings. The zero-order valence-electron chi connectivity index (χ0n) is 10.2. The van der Waals surface area contributed by atoms with Crippen molar-refractivity contribution < 1.29 is 4.74 Å². The molecule has 1 saturated carbocycles. The number of benzene rings is 1. The smallest absolute Gasteiger partial charge is 0.126 e. The fourth-order valence-corrected chi connectivity index (χ4v) is 1.87. The number of para-hydroxylation sites is 1. The van der Waals surface area contributed by atoms with Crippen LogP contribution >= 0.6 is 0 Å². The van der Waals surface area contributed by atoms with Gasteiger partial charge in [0.15, 0.2) is 0 Å². The quantitative estimate of drug-likeness (QED) is 0.825. The van der Waals surface area contributed by atoms with Crippen LogP contribution in [0.3, 0.4) is 0 Å². The summed E-state index contributed by atoms with van der Waals surface area (Å²) in [5, 5.41) is 0. The van der Waals surface area contributed by atoms with Gasteiger partial charge in [0, 0.05) is 11.6 Å². The van der Waals surface area contributed by atoms with E-state index < -0.39 is 0 Å². The lowest BCUT2D eigenvalue weighted by Crippen LogP contribution is -2.12. The first-order valence-corrected chi connectivity index (χ1v) is 6.20. The highest BCUT2D eigenvalue weighted by molar-refractivity contribution is 5.42. The maximum Gasteiger partial charge on any atom is 0.126 e. The second-order valence-corrected chi connectivity index (χ2v) is 4.76. The summed E-state index contributed by atoms with van der Waals surface area (Å²) in [5.74, 6) is 1.80. The van der Waals surface area contributed by atoms with Gasteiger partial charge in [0.05, 0.1) is 6.61 Å². The van der Waals surface area contributed by atoms with Crippen molar-refractivity contribution in [2.45, 2.75) is 39.2 Å². The third kappa shape index (κ3) is 2.56. The van der Waals surface area contributed by atoms with E-state index in [0.717, 1.165) is 30.3 Å². The molecule has 1 atom stereocenters. The Kier molecular flexibility index (Phi) is 3.49. The Morgan fingerprint density at radius 1 is 1.44 bits per heavy atom. The van der Waals surface area contributed by atoms with Crippen molar-refractivity contribution in [3.8, 4) is 5.75 Å². The van der Waals surface area contributed by atoms with E-state index in [0.29, 0.717) is 0 Å². The van der Waals surface area contributed by atoms with Crippen LogP contribution in [0, 0.1) is 12.8 Å². The molecule has 2 heteroatoms. The molecule has 2 N–H and O–H groups in total. The van der Waals surface area contributed by atoms with E-state index in [-0.39, 0.29) is 6.04 Å². The predicted molar refractivity (Wildman–Crippen MR) is 66.6 cm³/mol. The molecule has 0 aromatic heterocycles. The summed E-state index contributed by atoms with van der Waals surface area (Å²) in [6.07, 6.45) is 3.59. The average molecular weight is 219 g/mol. The first kappa shape index (κ1) is 11.5. The Morgan fingerprint density at radius 3 is 2.81 bits per heavy atom. The Balaban J connectivity index is 2.17. The molecular weight excluding hydrogens is 198 g/mol. The van der Waals surface area contributed by atoms with Gasteiger partial charge in [-0.3, -0.25) is 0 Å². The second kappa shape index (κ2) is 4.88. The van der Waals surface area contributed by atoms with Gasteiger partial charge in [0.2, 0.25) is 0 Å². The molecule has 0 heterocycles. The molecule has 0 saturated heterocycles. The zero-order valence-corrected chi connectivity index (χ0v) is 10.2. The van der Waals surface area contributed by atoms with Gasteiger partial charge < -0.3 is 10.5 Å². The van der Waals surface area contributed by atoms with E-state index in [4.69, 9.17) is 10.5 Å². The van der Waals surface area contributed by atoms with Gasteiger partial charge in [0.25, 0.3) is 0 Å². The summed E-state index contributed by atoms with van der Waals surface area (Å²) in [6, 6.07) is 6.33. The normalized spacial score (nSPS) is 17.2. The van der Waals surface area contributed by atoms with Crippen molar-refractivity contribution >= 4 is 0 Å². The van der Waals surface area contributed by atoms with Crippen molar-refractivity contribution in [2.75, 3.05) is 6.61 Å². The van der Waals surface area contributed by atoms with Gasteiger partial charge in [-0.1, -0.05) is 25.1 Å². The molecule has 0 aliphatic heterocycles. The van der Waals surface area contributed by atoms with Crippen LogP contribution in [0.5, 0.6) is 5.75 Å². The fraction of sp³-hybridized carbons (Fsp3) is 0.571. The fourth-order valence-electron chi connectivity index (χ4n) is 1.87. The van der Waals surface area contributed by atoms with Crippen molar-refractivity contribution in [1.29, 1.82) is 0 Å². The largest absolute Gasteiger partial charge is 0.493 e. The lowest BCUT2D eigenvalue weighted by Gasteiger charge is -2.17. The van der Waals surface area contributed by atoms with Crippen LogP contribution in [0.25, 0.3) is 0 Å². The van der Waals surface area contributed by atoms with Gasteiger partial charge in [-0.05, 0) is 37.7 Å². The number of nitrogens with two attached hydrogens (primary N) is 1. The molecule has 16 heavy (non-hydrogen) atoms. The third-order valence-corrected chi connectivity index (χ3v) is 3.24. The highest BCUT2D eigenvalue weighted by Crippen LogP contribution is 2.33. The molecule has 0 radical (unpaired) electrons. The first-order chi connectivity index (χ1) is 7.72. The van der Waals surface area contributed by atoms with E-state index in [2.05, 4.69) is 32.0 Å². The topological polar surface area (TPSA) is 35.2 Å². The Hall–Kier alpha value is -1.02. The molecule has 88 valence electrons. The summed E-state index contributed by atoms with van der Waals surface area (Å²) in [5.41, 5.74) is 8.46. The van der Waals surface area contributed by atoms with Crippen LogP contribution < -0.4 is 10.5 Å². The molecule has 1 aromatic carbocycles. The molecule has 0 amide bonds. The molecule has 0 bridgehead atoms. The first-order valence-electron chi connectivity index (χ1n) is 6.20. The summed E-state index contributed by atoms with van der Waals surface area (Å²) < 4.78 is 5.93. The Bertz CT molecular complexity index is 358. The number of rotatable bonds is 5. The van der Waals surface area contributed by atoms with E-state index in [1.807, 2.05) is 0 Å². The lowest BCUT2D eigenvalue weighted by atomic mass is 10.0. The number of ether oxygens (including phenoxy) is 1. The highest BCUT2D eigenvalue weighted by Gasteiger charge is 2.23. The van der Waals surface area contributed by atoms with Crippen LogP contribution in [0.2, 0.25) is 0 Å². The van der Waals surface area contributed by atoms with Gasteiger partial charge in [-0.25, -0.2) is 0 Å². The van der Waals surface area contributed by atoms with E-state index in [1.165, 1.54) is 18.4 Å². The minimum atomic E-state index is 0.0918. The number of aryl methyl sites for hydroxylation is 1. The second-order valence-electron chi connectivity index (χ2n) is 4.76. The van der Waals surface area contributed by atoms with Crippen LogP contribution in [0.15, 0.2) is 18.2 Å². The number of hydrogen-bond acceptors (Lipinski definition) is 2. The van der Waals surface area contributed by atoms with Crippen molar-refractivity contribution in [3.63, 3.8) is 0 Å². The third-order valence-electron chi connectivity index (χ3n) is 3.24. The van der Waals surface area contributed by atoms with E-state index in [1.54, 1.807) is 0 Å². The molecule has 1 unspecified atom stereocenters. The standard InChI is InChI=1S/C14H21NO/c1-3-13(15)12-6-4-5-10(2)14(12)16-9-11-7-8-11/h4-6,11,13H,3,7-9,15H2,1-2H3.